The number of hydrogen-bond donors (Lipinski definition) is 0. The molecule has 0 aromatic carbocycles. The van der Waals surface area contributed by atoms with Crippen molar-refractivity contribution in [1.29, 1.82) is 0 Å². The Morgan fingerprint density at radius 2 is 1.74 bits per heavy atom. The summed E-state index contributed by atoms with van der Waals surface area (Å²) in [5.41, 5.74) is 1.29. The second-order valence-corrected chi connectivity index (χ2v) is 6.02. The molecule has 1 aliphatic heterocycles. The fourth-order valence-electron chi connectivity index (χ4n) is 2.19. The number of nitrogens with zero attached hydrogens (tertiary/aromatic N) is 4. The van der Waals surface area contributed by atoms with E-state index in [9.17, 15) is 0 Å². The maximum absolute atomic E-state index is 4.74. The average molecular weight is 280 g/mol. The highest BCUT2D eigenvalue weighted by Crippen LogP contribution is 2.24. The zero-order valence-corrected chi connectivity index (χ0v) is 12.9. The van der Waals surface area contributed by atoms with Gasteiger partial charge in [-0.2, -0.15) is 9.78 Å². The van der Waals surface area contributed by atoms with Crippen LogP contribution in [0.1, 0.15) is 64.6 Å². The average Bonchev–Trinajstić information content (AvgIpc) is 2.82. The first-order chi connectivity index (χ1) is 9.35. The lowest BCUT2D eigenvalue weighted by atomic mass is 10.1. The van der Waals surface area contributed by atoms with Crippen LogP contribution in [0.25, 0.3) is 0 Å². The molecule has 4 nitrogen and oxygen atoms in total. The van der Waals surface area contributed by atoms with E-state index in [1.165, 1.54) is 44.2 Å². The summed E-state index contributed by atoms with van der Waals surface area (Å²) in [6.45, 7) is 4.46. The second kappa shape index (κ2) is 7.68. The van der Waals surface area contributed by atoms with E-state index in [1.807, 2.05) is 4.68 Å². The first-order valence-electron chi connectivity index (χ1n) is 7.49. The molecule has 0 amide bonds. The molecular weight excluding hydrogens is 256 g/mol. The number of fused-ring (bicyclic) bond motifs is 1. The summed E-state index contributed by atoms with van der Waals surface area (Å²) in [5.74, 6) is 2.01. The van der Waals surface area contributed by atoms with Crippen molar-refractivity contribution in [3.05, 3.63) is 5.82 Å². The quantitative estimate of drug-likeness (QED) is 0.678. The number of aryl methyl sites for hydroxylation is 1. The third kappa shape index (κ3) is 4.06. The molecular formula is C14H24N4S. The van der Waals surface area contributed by atoms with Gasteiger partial charge in [-0.05, 0) is 19.3 Å². The molecule has 0 fully saturated rings. The molecule has 0 saturated heterocycles. The highest BCUT2D eigenvalue weighted by molar-refractivity contribution is 7.99. The SMILES string of the molecule is CCCCCC1=Nn2c(CCCCC)nnc2SC1. The van der Waals surface area contributed by atoms with E-state index < -0.39 is 0 Å². The van der Waals surface area contributed by atoms with Crippen LogP contribution < -0.4 is 0 Å². The van der Waals surface area contributed by atoms with Gasteiger partial charge in [-0.25, -0.2) is 0 Å². The van der Waals surface area contributed by atoms with Crippen LogP contribution in [0.15, 0.2) is 10.3 Å². The Hall–Kier alpha value is -0.840. The van der Waals surface area contributed by atoms with E-state index in [0.29, 0.717) is 0 Å². The van der Waals surface area contributed by atoms with Crippen molar-refractivity contribution in [2.45, 2.75) is 70.4 Å². The maximum Gasteiger partial charge on any atom is 0.212 e. The van der Waals surface area contributed by atoms with Gasteiger partial charge in [-0.15, -0.1) is 10.2 Å². The molecule has 2 rings (SSSR count). The maximum atomic E-state index is 4.74. The van der Waals surface area contributed by atoms with Crippen molar-refractivity contribution < 1.29 is 0 Å². The van der Waals surface area contributed by atoms with Crippen molar-refractivity contribution in [3.8, 4) is 0 Å². The van der Waals surface area contributed by atoms with Crippen LogP contribution in [0, 0.1) is 0 Å². The van der Waals surface area contributed by atoms with Gasteiger partial charge in [0.1, 0.15) is 0 Å². The summed E-state index contributed by atoms with van der Waals surface area (Å²) in [6.07, 6.45) is 9.59. The summed E-state index contributed by atoms with van der Waals surface area (Å²) in [7, 11) is 0. The Bertz CT molecular complexity index is 425. The van der Waals surface area contributed by atoms with E-state index >= 15 is 0 Å². The molecule has 0 radical (unpaired) electrons. The van der Waals surface area contributed by atoms with Gasteiger partial charge in [-0.3, -0.25) is 0 Å². The molecule has 106 valence electrons. The minimum atomic E-state index is 0.964. The summed E-state index contributed by atoms with van der Waals surface area (Å²) >= 11 is 1.77. The fraction of sp³-hybridized carbons (Fsp3) is 0.786. The molecule has 1 aromatic rings. The van der Waals surface area contributed by atoms with Crippen LogP contribution in [0.5, 0.6) is 0 Å². The Morgan fingerprint density at radius 3 is 2.47 bits per heavy atom. The van der Waals surface area contributed by atoms with E-state index in [-0.39, 0.29) is 0 Å². The monoisotopic (exact) mass is 280 g/mol. The van der Waals surface area contributed by atoms with Gasteiger partial charge in [0.25, 0.3) is 0 Å². The van der Waals surface area contributed by atoms with Crippen molar-refractivity contribution in [1.82, 2.24) is 14.9 Å². The van der Waals surface area contributed by atoms with Crippen LogP contribution in [0.4, 0.5) is 0 Å². The Balaban J connectivity index is 1.98. The molecule has 2 heterocycles. The fourth-order valence-corrected chi connectivity index (χ4v) is 3.06. The topological polar surface area (TPSA) is 43.1 Å². The second-order valence-electron chi connectivity index (χ2n) is 5.08. The minimum Gasteiger partial charge on any atom is -0.192 e. The summed E-state index contributed by atoms with van der Waals surface area (Å²) in [4.78, 5) is 0. The predicted octanol–water partition coefficient (Wildman–Crippen LogP) is 3.90. The Kier molecular flexibility index (Phi) is 5.89. The lowest BCUT2D eigenvalue weighted by molar-refractivity contribution is 0.643. The van der Waals surface area contributed by atoms with Crippen LogP contribution in [0.2, 0.25) is 0 Å². The Labute approximate surface area is 120 Å². The lowest BCUT2D eigenvalue weighted by Crippen LogP contribution is -2.13. The third-order valence-electron chi connectivity index (χ3n) is 3.36. The van der Waals surface area contributed by atoms with Crippen molar-refractivity contribution in [2.24, 2.45) is 5.10 Å². The largest absolute Gasteiger partial charge is 0.212 e. The van der Waals surface area contributed by atoms with Crippen LogP contribution in [0.3, 0.4) is 0 Å². The Morgan fingerprint density at radius 1 is 1.00 bits per heavy atom. The highest BCUT2D eigenvalue weighted by atomic mass is 32.2. The van der Waals surface area contributed by atoms with Crippen LogP contribution in [-0.2, 0) is 6.42 Å². The lowest BCUT2D eigenvalue weighted by Gasteiger charge is -2.13. The van der Waals surface area contributed by atoms with E-state index in [4.69, 9.17) is 5.10 Å². The molecule has 0 saturated carbocycles. The highest BCUT2D eigenvalue weighted by Gasteiger charge is 2.18. The van der Waals surface area contributed by atoms with E-state index in [0.717, 1.165) is 29.6 Å². The van der Waals surface area contributed by atoms with Gasteiger partial charge in [0.15, 0.2) is 5.82 Å². The predicted molar refractivity (Wildman–Crippen MR) is 81.0 cm³/mol. The summed E-state index contributed by atoms with van der Waals surface area (Å²) in [5, 5.41) is 14.2. The minimum absolute atomic E-state index is 0.964. The zero-order valence-electron chi connectivity index (χ0n) is 12.1. The number of rotatable bonds is 8. The molecule has 0 N–H and O–H groups in total. The molecule has 0 spiro atoms. The van der Waals surface area contributed by atoms with E-state index in [2.05, 4.69) is 24.0 Å². The first kappa shape index (κ1) is 14.6. The van der Waals surface area contributed by atoms with Gasteiger partial charge in [0, 0.05) is 17.9 Å². The molecule has 0 aliphatic carbocycles. The van der Waals surface area contributed by atoms with Crippen molar-refractivity contribution in [2.75, 3.05) is 5.75 Å². The molecule has 0 atom stereocenters. The molecule has 1 aromatic heterocycles. The van der Waals surface area contributed by atoms with Crippen LogP contribution in [-0.4, -0.2) is 26.3 Å². The van der Waals surface area contributed by atoms with Gasteiger partial charge in [-0.1, -0.05) is 51.3 Å². The van der Waals surface area contributed by atoms with E-state index in [1.54, 1.807) is 11.8 Å². The number of thioether (sulfide) groups is 1. The standard InChI is InChI=1S/C14H24N4S/c1-3-5-7-9-12-11-19-14-16-15-13(18(14)17-12)10-8-6-4-2/h3-11H2,1-2H3. The van der Waals surface area contributed by atoms with Gasteiger partial charge in [0.05, 0.1) is 0 Å². The van der Waals surface area contributed by atoms with Crippen molar-refractivity contribution >= 4 is 17.5 Å². The number of unbranched alkanes of at least 4 members (excludes halogenated alkanes) is 4. The van der Waals surface area contributed by atoms with Gasteiger partial charge >= 0.3 is 0 Å². The van der Waals surface area contributed by atoms with Crippen LogP contribution >= 0.6 is 11.8 Å². The molecule has 0 bridgehead atoms. The number of aromatic nitrogens is 3. The van der Waals surface area contributed by atoms with Gasteiger partial charge in [0.2, 0.25) is 5.16 Å². The molecule has 19 heavy (non-hydrogen) atoms. The normalized spacial score (nSPS) is 14.3. The molecule has 1 aliphatic rings. The third-order valence-corrected chi connectivity index (χ3v) is 4.35. The summed E-state index contributed by atoms with van der Waals surface area (Å²) in [6, 6.07) is 0. The van der Waals surface area contributed by atoms with Gasteiger partial charge < -0.3 is 0 Å². The molecule has 5 heteroatoms. The number of hydrogen-bond acceptors (Lipinski definition) is 4. The smallest absolute Gasteiger partial charge is 0.192 e. The summed E-state index contributed by atoms with van der Waals surface area (Å²) < 4.78 is 1.98. The zero-order chi connectivity index (χ0) is 13.5. The molecule has 0 unspecified atom stereocenters. The van der Waals surface area contributed by atoms with Crippen molar-refractivity contribution in [3.63, 3.8) is 0 Å². The first-order valence-corrected chi connectivity index (χ1v) is 8.47.